The molecule has 106 valence electrons. The number of thioether (sulfide) groups is 1. The molecule has 0 saturated heterocycles. The first-order valence-electron chi connectivity index (χ1n) is 5.57. The number of aromatic nitrogens is 2. The minimum atomic E-state index is -2.88. The number of hydrogen-bond acceptors (Lipinski definition) is 5. The number of nitrogens with two attached hydrogens (primary N) is 1. The van der Waals surface area contributed by atoms with Crippen molar-refractivity contribution in [1.82, 2.24) is 9.97 Å². The molecule has 0 aliphatic carbocycles. The molecular weight excluding hydrogens is 288 g/mol. The summed E-state index contributed by atoms with van der Waals surface area (Å²) in [6, 6.07) is 7.60. The molecule has 0 atom stereocenters. The fraction of sp³-hybridized carbons (Fsp3) is 0.167. The smallest absolute Gasteiger partial charge is 0.387 e. The molecule has 0 radical (unpaired) electrons. The number of halogens is 2. The molecule has 1 aromatic heterocycles. The van der Waals surface area contributed by atoms with E-state index < -0.39 is 6.61 Å². The van der Waals surface area contributed by atoms with Crippen molar-refractivity contribution in [2.45, 2.75) is 17.5 Å². The first-order valence-corrected chi connectivity index (χ1v) is 6.55. The molecule has 0 amide bonds. The minimum Gasteiger partial charge on any atom is -0.435 e. The minimum absolute atomic E-state index is 0.0984. The molecule has 20 heavy (non-hydrogen) atoms. The Labute approximate surface area is 117 Å². The van der Waals surface area contributed by atoms with Gasteiger partial charge < -0.3 is 15.5 Å². The van der Waals surface area contributed by atoms with Gasteiger partial charge in [-0.3, -0.25) is 4.79 Å². The number of benzene rings is 1. The fourth-order valence-corrected chi connectivity index (χ4v) is 2.38. The zero-order valence-electron chi connectivity index (χ0n) is 10.2. The molecule has 0 aliphatic rings. The second kappa shape index (κ2) is 6.38. The number of nitrogen functional groups attached to an aromatic ring is 1. The van der Waals surface area contributed by atoms with E-state index in [1.54, 1.807) is 18.2 Å². The monoisotopic (exact) mass is 299 g/mol. The van der Waals surface area contributed by atoms with Crippen LogP contribution in [0.1, 0.15) is 5.56 Å². The first kappa shape index (κ1) is 14.3. The van der Waals surface area contributed by atoms with Crippen LogP contribution in [0.3, 0.4) is 0 Å². The molecule has 0 fully saturated rings. The van der Waals surface area contributed by atoms with Gasteiger partial charge in [-0.2, -0.15) is 8.78 Å². The van der Waals surface area contributed by atoms with E-state index in [9.17, 15) is 13.6 Å². The summed E-state index contributed by atoms with van der Waals surface area (Å²) < 4.78 is 28.9. The lowest BCUT2D eigenvalue weighted by molar-refractivity contribution is -0.0503. The van der Waals surface area contributed by atoms with Crippen molar-refractivity contribution in [3.8, 4) is 5.75 Å². The summed E-state index contributed by atoms with van der Waals surface area (Å²) in [5.41, 5.74) is 5.66. The van der Waals surface area contributed by atoms with Crippen LogP contribution in [0.5, 0.6) is 5.75 Å². The van der Waals surface area contributed by atoms with Crippen LogP contribution in [0.25, 0.3) is 0 Å². The lowest BCUT2D eigenvalue weighted by Gasteiger charge is -2.09. The molecule has 0 spiro atoms. The van der Waals surface area contributed by atoms with Gasteiger partial charge in [0.2, 0.25) is 0 Å². The molecule has 0 bridgehead atoms. The van der Waals surface area contributed by atoms with E-state index in [0.717, 1.165) is 6.07 Å². The van der Waals surface area contributed by atoms with Gasteiger partial charge in [0.25, 0.3) is 5.56 Å². The Morgan fingerprint density at radius 1 is 1.40 bits per heavy atom. The summed E-state index contributed by atoms with van der Waals surface area (Å²) in [7, 11) is 0. The van der Waals surface area contributed by atoms with Gasteiger partial charge in [0.1, 0.15) is 11.6 Å². The highest BCUT2D eigenvalue weighted by Gasteiger charge is 2.10. The van der Waals surface area contributed by atoms with Crippen molar-refractivity contribution in [3.63, 3.8) is 0 Å². The quantitative estimate of drug-likeness (QED) is 0.653. The average Bonchev–Trinajstić information content (AvgIpc) is 2.36. The van der Waals surface area contributed by atoms with Crippen LogP contribution in [0.15, 0.2) is 40.3 Å². The first-order chi connectivity index (χ1) is 9.54. The molecule has 5 nitrogen and oxygen atoms in total. The van der Waals surface area contributed by atoms with Crippen LogP contribution in [-0.4, -0.2) is 16.6 Å². The van der Waals surface area contributed by atoms with E-state index in [2.05, 4.69) is 14.7 Å². The van der Waals surface area contributed by atoms with Crippen molar-refractivity contribution < 1.29 is 13.5 Å². The zero-order chi connectivity index (χ0) is 14.5. The Balaban J connectivity index is 2.12. The van der Waals surface area contributed by atoms with E-state index in [1.807, 2.05) is 0 Å². The average molecular weight is 299 g/mol. The van der Waals surface area contributed by atoms with Crippen molar-refractivity contribution in [2.75, 3.05) is 5.73 Å². The summed E-state index contributed by atoms with van der Waals surface area (Å²) in [5, 5.41) is 0.321. The lowest BCUT2D eigenvalue weighted by atomic mass is 10.2. The molecule has 0 unspecified atom stereocenters. The molecule has 3 N–H and O–H groups in total. The van der Waals surface area contributed by atoms with Gasteiger partial charge in [-0.05, 0) is 6.07 Å². The summed E-state index contributed by atoms with van der Waals surface area (Å²) in [4.78, 5) is 17.7. The van der Waals surface area contributed by atoms with Crippen molar-refractivity contribution in [2.24, 2.45) is 0 Å². The third-order valence-corrected chi connectivity index (χ3v) is 3.21. The SMILES string of the molecule is Nc1cc(=O)[nH]c(SCc2ccccc2OC(F)F)n1. The highest BCUT2D eigenvalue weighted by atomic mass is 32.2. The van der Waals surface area contributed by atoms with Crippen LogP contribution in [0.4, 0.5) is 14.6 Å². The summed E-state index contributed by atoms with van der Waals surface area (Å²) in [6.07, 6.45) is 0. The van der Waals surface area contributed by atoms with Crippen molar-refractivity contribution in [1.29, 1.82) is 0 Å². The molecule has 1 aromatic carbocycles. The lowest BCUT2D eigenvalue weighted by Crippen LogP contribution is -2.09. The molecule has 2 aromatic rings. The maximum Gasteiger partial charge on any atom is 0.387 e. The van der Waals surface area contributed by atoms with Crippen molar-refractivity contribution >= 4 is 17.6 Å². The molecular formula is C12H11F2N3O2S. The van der Waals surface area contributed by atoms with E-state index in [1.165, 1.54) is 17.8 Å². The number of nitrogens with one attached hydrogen (secondary N) is 1. The number of ether oxygens (including phenoxy) is 1. The second-order valence-electron chi connectivity index (χ2n) is 3.75. The Morgan fingerprint density at radius 2 is 2.15 bits per heavy atom. The summed E-state index contributed by atoms with van der Waals surface area (Å²) >= 11 is 1.17. The zero-order valence-corrected chi connectivity index (χ0v) is 11.0. The largest absolute Gasteiger partial charge is 0.435 e. The topological polar surface area (TPSA) is 81.0 Å². The third-order valence-electron chi connectivity index (χ3n) is 2.29. The van der Waals surface area contributed by atoms with E-state index >= 15 is 0 Å². The Morgan fingerprint density at radius 3 is 2.85 bits per heavy atom. The van der Waals surface area contributed by atoms with Gasteiger partial charge in [0, 0.05) is 17.4 Å². The predicted molar refractivity (Wildman–Crippen MR) is 71.9 cm³/mol. The van der Waals surface area contributed by atoms with Crippen LogP contribution in [0.2, 0.25) is 0 Å². The maximum absolute atomic E-state index is 12.3. The van der Waals surface area contributed by atoms with Gasteiger partial charge in [-0.15, -0.1) is 0 Å². The van der Waals surface area contributed by atoms with Crippen LogP contribution in [0, 0.1) is 0 Å². The van der Waals surface area contributed by atoms with Crippen molar-refractivity contribution in [3.05, 3.63) is 46.2 Å². The third kappa shape index (κ3) is 3.95. The number of hydrogen-bond donors (Lipinski definition) is 2. The van der Waals surface area contributed by atoms with E-state index in [0.29, 0.717) is 16.5 Å². The predicted octanol–water partition coefficient (Wildman–Crippen LogP) is 2.25. The summed E-state index contributed by atoms with van der Waals surface area (Å²) in [6.45, 7) is -2.88. The van der Waals surface area contributed by atoms with Gasteiger partial charge in [0.15, 0.2) is 5.16 Å². The van der Waals surface area contributed by atoms with Crippen LogP contribution >= 0.6 is 11.8 Å². The van der Waals surface area contributed by atoms with Gasteiger partial charge >= 0.3 is 6.61 Å². The molecule has 8 heteroatoms. The van der Waals surface area contributed by atoms with Gasteiger partial charge in [0.05, 0.1) is 0 Å². The number of para-hydroxylation sites is 1. The highest BCUT2D eigenvalue weighted by molar-refractivity contribution is 7.98. The Kier molecular flexibility index (Phi) is 4.57. The van der Waals surface area contributed by atoms with Crippen LogP contribution < -0.4 is 16.0 Å². The normalized spacial score (nSPS) is 10.8. The number of nitrogens with zero attached hydrogens (tertiary/aromatic N) is 1. The summed E-state index contributed by atoms with van der Waals surface area (Å²) in [5.74, 6) is 0.518. The Hall–Kier alpha value is -2.09. The number of H-pyrrole nitrogens is 1. The fourth-order valence-electron chi connectivity index (χ4n) is 1.50. The maximum atomic E-state index is 12.3. The van der Waals surface area contributed by atoms with Crippen LogP contribution in [-0.2, 0) is 5.75 Å². The number of alkyl halides is 2. The number of aromatic amines is 1. The molecule has 0 aliphatic heterocycles. The molecule has 1 heterocycles. The standard InChI is InChI=1S/C12H11F2N3O2S/c13-11(14)19-8-4-2-1-3-7(8)6-20-12-16-9(15)5-10(18)17-12/h1-5,11H,6H2,(H3,15,16,17,18). The second-order valence-corrected chi connectivity index (χ2v) is 4.71. The molecule has 2 rings (SSSR count). The highest BCUT2D eigenvalue weighted by Crippen LogP contribution is 2.27. The van der Waals surface area contributed by atoms with E-state index in [4.69, 9.17) is 5.73 Å². The Bertz CT molecular complexity index is 649. The molecule has 0 saturated carbocycles. The van der Waals surface area contributed by atoms with E-state index in [-0.39, 0.29) is 17.1 Å². The number of anilines is 1. The number of rotatable bonds is 5. The van der Waals surface area contributed by atoms with Gasteiger partial charge in [-0.25, -0.2) is 4.98 Å². The van der Waals surface area contributed by atoms with Gasteiger partial charge in [-0.1, -0.05) is 30.0 Å².